The molecule has 0 aliphatic rings. The molecule has 30 heavy (non-hydrogen) atoms. The van der Waals surface area contributed by atoms with Crippen molar-refractivity contribution in [1.82, 2.24) is 0 Å². The summed E-state index contributed by atoms with van der Waals surface area (Å²) in [6.45, 7) is 0. The molecule has 0 aliphatic carbocycles. The predicted molar refractivity (Wildman–Crippen MR) is 122 cm³/mol. The minimum Gasteiger partial charge on any atom is -0.496 e. The zero-order valence-corrected chi connectivity index (χ0v) is 17.8. The summed E-state index contributed by atoms with van der Waals surface area (Å²) in [6, 6.07) is 27.0. The van der Waals surface area contributed by atoms with Crippen LogP contribution >= 0.6 is 0 Å². The van der Waals surface area contributed by atoms with Gasteiger partial charge in [0.2, 0.25) is 0 Å². The number of hydrogen-bond acceptors (Lipinski definition) is 3. The summed E-state index contributed by atoms with van der Waals surface area (Å²) in [5.74, 6) is 0.704. The van der Waals surface area contributed by atoms with Gasteiger partial charge >= 0.3 is 5.97 Å². The summed E-state index contributed by atoms with van der Waals surface area (Å²) in [7, 11) is 3.17. The third-order valence-electron chi connectivity index (χ3n) is 5.55. The van der Waals surface area contributed by atoms with E-state index in [1.54, 1.807) is 7.11 Å². The van der Waals surface area contributed by atoms with Gasteiger partial charge in [0, 0.05) is 5.56 Å². The van der Waals surface area contributed by atoms with Crippen LogP contribution in [0, 0.1) is 5.92 Å². The van der Waals surface area contributed by atoms with Crippen LogP contribution in [0.15, 0.2) is 78.9 Å². The van der Waals surface area contributed by atoms with Crippen LogP contribution < -0.4 is 4.74 Å². The van der Waals surface area contributed by atoms with Crippen LogP contribution in [0.1, 0.15) is 30.4 Å². The summed E-state index contributed by atoms with van der Waals surface area (Å²) in [4.78, 5) is 12.2. The van der Waals surface area contributed by atoms with Crippen molar-refractivity contribution in [2.24, 2.45) is 5.92 Å². The van der Waals surface area contributed by atoms with Crippen LogP contribution in [-0.2, 0) is 22.4 Å². The highest BCUT2D eigenvalue weighted by Crippen LogP contribution is 2.30. The van der Waals surface area contributed by atoms with Gasteiger partial charge in [-0.25, -0.2) is 0 Å². The van der Waals surface area contributed by atoms with E-state index >= 15 is 0 Å². The van der Waals surface area contributed by atoms with Crippen LogP contribution in [0.4, 0.5) is 0 Å². The van der Waals surface area contributed by atoms with Crippen LogP contribution in [0.2, 0.25) is 0 Å². The summed E-state index contributed by atoms with van der Waals surface area (Å²) in [5, 5.41) is 0. The van der Waals surface area contributed by atoms with Gasteiger partial charge in [-0.1, -0.05) is 72.8 Å². The first kappa shape index (κ1) is 21.6. The molecule has 0 radical (unpaired) electrons. The first-order valence-electron chi connectivity index (χ1n) is 10.6. The molecule has 3 aromatic carbocycles. The molecule has 1 atom stereocenters. The van der Waals surface area contributed by atoms with E-state index in [4.69, 9.17) is 9.47 Å². The average Bonchev–Trinajstić information content (AvgIpc) is 2.81. The van der Waals surface area contributed by atoms with Crippen molar-refractivity contribution in [3.05, 3.63) is 90.0 Å². The highest BCUT2D eigenvalue weighted by Gasteiger charge is 2.18. The molecule has 3 aromatic rings. The van der Waals surface area contributed by atoms with Crippen molar-refractivity contribution in [3.63, 3.8) is 0 Å². The summed E-state index contributed by atoms with van der Waals surface area (Å²) in [5.41, 5.74) is 4.75. The number of esters is 1. The number of methoxy groups -OCH3 is 2. The molecule has 0 saturated heterocycles. The lowest BCUT2D eigenvalue weighted by Gasteiger charge is -2.15. The largest absolute Gasteiger partial charge is 0.496 e. The summed E-state index contributed by atoms with van der Waals surface area (Å²) in [6.07, 6.45) is 4.48. The lowest BCUT2D eigenvalue weighted by molar-refractivity contribution is -0.145. The minimum absolute atomic E-state index is 0.0624. The number of carbonyl (C=O) groups excluding carboxylic acids is 1. The molecule has 0 heterocycles. The van der Waals surface area contributed by atoms with Crippen LogP contribution in [0.5, 0.6) is 5.75 Å². The third kappa shape index (κ3) is 5.96. The Bertz CT molecular complexity index is 916. The fourth-order valence-corrected chi connectivity index (χ4v) is 3.82. The van der Waals surface area contributed by atoms with E-state index in [1.165, 1.54) is 18.2 Å². The Hall–Kier alpha value is -3.07. The Labute approximate surface area is 179 Å². The lowest BCUT2D eigenvalue weighted by Crippen LogP contribution is -2.17. The highest BCUT2D eigenvalue weighted by molar-refractivity contribution is 5.72. The smallest absolute Gasteiger partial charge is 0.308 e. The van der Waals surface area contributed by atoms with E-state index in [2.05, 4.69) is 54.6 Å². The van der Waals surface area contributed by atoms with Crippen molar-refractivity contribution < 1.29 is 14.3 Å². The number of benzene rings is 3. The van der Waals surface area contributed by atoms with Crippen LogP contribution in [-0.4, -0.2) is 20.2 Å². The van der Waals surface area contributed by atoms with Gasteiger partial charge in [-0.3, -0.25) is 4.79 Å². The molecule has 3 nitrogen and oxygen atoms in total. The first-order valence-corrected chi connectivity index (χ1v) is 10.6. The monoisotopic (exact) mass is 402 g/mol. The molecule has 3 rings (SSSR count). The van der Waals surface area contributed by atoms with E-state index in [-0.39, 0.29) is 11.9 Å². The average molecular weight is 403 g/mol. The van der Waals surface area contributed by atoms with Crippen LogP contribution in [0.25, 0.3) is 11.1 Å². The van der Waals surface area contributed by atoms with Gasteiger partial charge in [0.25, 0.3) is 0 Å². The first-order chi connectivity index (χ1) is 14.7. The second kappa shape index (κ2) is 11.2. The topological polar surface area (TPSA) is 35.5 Å². The second-order valence-electron chi connectivity index (χ2n) is 7.53. The summed E-state index contributed by atoms with van der Waals surface area (Å²) < 4.78 is 10.5. The molecule has 0 fully saturated rings. The predicted octanol–water partition coefficient (Wildman–Crippen LogP) is 6.11. The van der Waals surface area contributed by atoms with Gasteiger partial charge in [-0.05, 0) is 54.9 Å². The number of para-hydroxylation sites is 1. The van der Waals surface area contributed by atoms with Gasteiger partial charge in [0.15, 0.2) is 0 Å². The van der Waals surface area contributed by atoms with Crippen molar-refractivity contribution in [2.75, 3.05) is 14.2 Å². The van der Waals surface area contributed by atoms with E-state index in [1.807, 2.05) is 24.3 Å². The van der Waals surface area contributed by atoms with Crippen LogP contribution in [0.3, 0.4) is 0 Å². The third-order valence-corrected chi connectivity index (χ3v) is 5.55. The molecule has 1 unspecified atom stereocenters. The maximum atomic E-state index is 12.2. The quantitative estimate of drug-likeness (QED) is 0.384. The van der Waals surface area contributed by atoms with Gasteiger partial charge < -0.3 is 9.47 Å². The number of hydrogen-bond donors (Lipinski definition) is 0. The SMILES string of the molecule is COC(=O)C(CCCc1ccccc1)CCc1ccc(-c2ccccc2OC)cc1. The Morgan fingerprint density at radius 2 is 1.43 bits per heavy atom. The zero-order chi connectivity index (χ0) is 21.2. The maximum Gasteiger partial charge on any atom is 0.308 e. The van der Waals surface area contributed by atoms with E-state index < -0.39 is 0 Å². The van der Waals surface area contributed by atoms with Gasteiger partial charge in [0.05, 0.1) is 20.1 Å². The zero-order valence-electron chi connectivity index (χ0n) is 17.8. The van der Waals surface area contributed by atoms with Gasteiger partial charge in [-0.15, -0.1) is 0 Å². The number of ether oxygens (including phenoxy) is 2. The minimum atomic E-state index is -0.103. The Balaban J connectivity index is 1.57. The van der Waals surface area contributed by atoms with Crippen molar-refractivity contribution in [2.45, 2.75) is 32.1 Å². The number of carbonyl (C=O) groups is 1. The normalized spacial score (nSPS) is 11.7. The molecular weight excluding hydrogens is 372 g/mol. The second-order valence-corrected chi connectivity index (χ2v) is 7.53. The van der Waals surface area contributed by atoms with Crippen molar-refractivity contribution in [1.29, 1.82) is 0 Å². The Morgan fingerprint density at radius 1 is 0.767 bits per heavy atom. The molecule has 0 amide bonds. The molecule has 0 aromatic heterocycles. The lowest BCUT2D eigenvalue weighted by atomic mass is 9.93. The maximum absolute atomic E-state index is 12.2. The highest BCUT2D eigenvalue weighted by atomic mass is 16.5. The molecule has 3 heteroatoms. The fourth-order valence-electron chi connectivity index (χ4n) is 3.82. The van der Waals surface area contributed by atoms with Gasteiger partial charge in [0.1, 0.15) is 5.75 Å². The molecule has 0 spiro atoms. The number of rotatable bonds is 10. The molecule has 0 saturated carbocycles. The molecule has 156 valence electrons. The van der Waals surface area contributed by atoms with E-state index in [9.17, 15) is 4.79 Å². The molecule has 0 aliphatic heterocycles. The fraction of sp³-hybridized carbons (Fsp3) is 0.296. The standard InChI is InChI=1S/C27H30O3/c1-29-26-14-7-6-13-25(26)23-18-15-22(16-19-23)17-20-24(27(28)30-2)12-8-11-21-9-4-3-5-10-21/h3-7,9-10,13-16,18-19,24H,8,11-12,17,20H2,1-2H3. The van der Waals surface area contributed by atoms with E-state index in [0.717, 1.165) is 49.0 Å². The van der Waals surface area contributed by atoms with Crippen molar-refractivity contribution in [3.8, 4) is 16.9 Å². The van der Waals surface area contributed by atoms with Crippen molar-refractivity contribution >= 4 is 5.97 Å². The number of aryl methyl sites for hydroxylation is 2. The molecular formula is C27H30O3. The Morgan fingerprint density at radius 3 is 2.13 bits per heavy atom. The Kier molecular flexibility index (Phi) is 8.08. The molecule has 0 N–H and O–H groups in total. The summed E-state index contributed by atoms with van der Waals surface area (Å²) >= 11 is 0. The molecule has 0 bridgehead atoms. The van der Waals surface area contributed by atoms with Gasteiger partial charge in [-0.2, -0.15) is 0 Å². The van der Waals surface area contributed by atoms with E-state index in [0.29, 0.717) is 0 Å².